The zero-order chi connectivity index (χ0) is 18.7. The lowest BCUT2D eigenvalue weighted by atomic mass is 10.3. The fourth-order valence-electron chi connectivity index (χ4n) is 2.14. The van der Waals surface area contributed by atoms with Crippen molar-refractivity contribution in [3.8, 4) is 0 Å². The van der Waals surface area contributed by atoms with E-state index in [1.807, 2.05) is 6.07 Å². The highest BCUT2D eigenvalue weighted by Gasteiger charge is 2.22. The van der Waals surface area contributed by atoms with E-state index in [1.54, 1.807) is 23.6 Å². The van der Waals surface area contributed by atoms with Gasteiger partial charge in [0.2, 0.25) is 0 Å². The molecule has 3 rings (SSSR count). The molecule has 0 saturated heterocycles. The summed E-state index contributed by atoms with van der Waals surface area (Å²) in [6, 6.07) is 8.58. The number of para-hydroxylation sites is 2. The van der Waals surface area contributed by atoms with Gasteiger partial charge in [-0.25, -0.2) is 9.78 Å². The van der Waals surface area contributed by atoms with Crippen LogP contribution < -0.4 is 11.1 Å². The van der Waals surface area contributed by atoms with E-state index in [2.05, 4.69) is 15.3 Å². The molecule has 9 heteroatoms. The van der Waals surface area contributed by atoms with Gasteiger partial charge in [0.25, 0.3) is 11.8 Å². The number of ether oxygens (including phenoxy) is 1. The number of nitrogens with one attached hydrogen (secondary N) is 1. The zero-order valence-corrected chi connectivity index (χ0v) is 14.4. The Morgan fingerprint density at radius 3 is 2.65 bits per heavy atom. The fourth-order valence-corrected chi connectivity index (χ4v) is 2.94. The van der Waals surface area contributed by atoms with Gasteiger partial charge in [-0.15, -0.1) is 11.3 Å². The van der Waals surface area contributed by atoms with Crippen molar-refractivity contribution in [3.05, 3.63) is 53.2 Å². The molecular weight excluding hydrogens is 356 g/mol. The largest absolute Gasteiger partial charge is 0.448 e. The van der Waals surface area contributed by atoms with Gasteiger partial charge in [-0.1, -0.05) is 12.1 Å². The molecule has 0 aliphatic rings. The summed E-state index contributed by atoms with van der Waals surface area (Å²) < 4.78 is 5.13. The number of hydrogen-bond donors (Lipinski definition) is 2. The molecule has 1 atom stereocenters. The molecule has 0 fully saturated rings. The summed E-state index contributed by atoms with van der Waals surface area (Å²) in [4.78, 5) is 44.0. The maximum Gasteiger partial charge on any atom is 0.359 e. The summed E-state index contributed by atoms with van der Waals surface area (Å²) in [6.45, 7) is 1.42. The van der Waals surface area contributed by atoms with Crippen LogP contribution in [0.5, 0.6) is 0 Å². The quantitative estimate of drug-likeness (QED) is 0.662. The first-order chi connectivity index (χ1) is 12.5. The van der Waals surface area contributed by atoms with Gasteiger partial charge in [0.15, 0.2) is 11.8 Å². The van der Waals surface area contributed by atoms with Crippen molar-refractivity contribution in [2.24, 2.45) is 5.73 Å². The number of rotatable bonds is 5. The van der Waals surface area contributed by atoms with E-state index in [-0.39, 0.29) is 11.3 Å². The minimum atomic E-state index is -1.10. The maximum atomic E-state index is 12.2. The molecular formula is C17H14N4O4S. The van der Waals surface area contributed by atoms with E-state index >= 15 is 0 Å². The summed E-state index contributed by atoms with van der Waals surface area (Å²) in [7, 11) is 0. The summed E-state index contributed by atoms with van der Waals surface area (Å²) in [5.41, 5.74) is 6.61. The molecule has 3 aromatic rings. The van der Waals surface area contributed by atoms with Crippen LogP contribution in [0, 0.1) is 0 Å². The Morgan fingerprint density at radius 2 is 1.92 bits per heavy atom. The topological polar surface area (TPSA) is 124 Å². The van der Waals surface area contributed by atoms with E-state index < -0.39 is 23.9 Å². The van der Waals surface area contributed by atoms with Crippen LogP contribution in [0.4, 0.5) is 5.00 Å². The van der Waals surface area contributed by atoms with Crippen molar-refractivity contribution in [1.29, 1.82) is 0 Å². The maximum absolute atomic E-state index is 12.2. The number of carbonyl (C=O) groups is 3. The summed E-state index contributed by atoms with van der Waals surface area (Å²) in [6.07, 6.45) is 0.193. The first-order valence-electron chi connectivity index (χ1n) is 7.56. The minimum Gasteiger partial charge on any atom is -0.448 e. The Hall–Kier alpha value is -3.33. The van der Waals surface area contributed by atoms with Gasteiger partial charge < -0.3 is 15.8 Å². The fraction of sp³-hybridized carbons (Fsp3) is 0.118. The highest BCUT2D eigenvalue weighted by molar-refractivity contribution is 7.14. The van der Waals surface area contributed by atoms with Gasteiger partial charge in [-0.3, -0.25) is 14.6 Å². The SMILES string of the molecule is CC(OC(=O)c1cnc2ccccc2n1)C(=O)Nc1sccc1C(N)=O. The molecule has 0 saturated carbocycles. The van der Waals surface area contributed by atoms with Gasteiger partial charge in [0.1, 0.15) is 5.00 Å². The summed E-state index contributed by atoms with van der Waals surface area (Å²) in [5, 5.41) is 4.45. The van der Waals surface area contributed by atoms with Crippen LogP contribution in [0.15, 0.2) is 41.9 Å². The zero-order valence-electron chi connectivity index (χ0n) is 13.6. The van der Waals surface area contributed by atoms with Crippen molar-refractivity contribution in [2.75, 3.05) is 5.32 Å². The lowest BCUT2D eigenvalue weighted by Gasteiger charge is -2.13. The second kappa shape index (κ2) is 7.28. The van der Waals surface area contributed by atoms with Gasteiger partial charge >= 0.3 is 5.97 Å². The standard InChI is InChI=1S/C17H14N4O4S/c1-9(15(23)21-16-10(14(18)22)6-7-26-16)25-17(24)13-8-19-11-4-2-3-5-12(11)20-13/h2-9H,1H3,(H2,18,22)(H,21,23). The second-order valence-electron chi connectivity index (χ2n) is 5.31. The Morgan fingerprint density at radius 1 is 1.19 bits per heavy atom. The number of carbonyl (C=O) groups excluding carboxylic acids is 3. The third-order valence-corrected chi connectivity index (χ3v) is 4.31. The molecule has 0 bridgehead atoms. The first kappa shape index (κ1) is 17.5. The van der Waals surface area contributed by atoms with Gasteiger partial charge in [0.05, 0.1) is 22.8 Å². The Labute approximate surface area is 152 Å². The molecule has 0 aliphatic carbocycles. The predicted octanol–water partition coefficient (Wildman–Crippen LogP) is 1.97. The number of benzene rings is 1. The van der Waals surface area contributed by atoms with Crippen LogP contribution in [-0.2, 0) is 9.53 Å². The lowest BCUT2D eigenvalue weighted by molar-refractivity contribution is -0.123. The number of primary amides is 1. The monoisotopic (exact) mass is 370 g/mol. The number of fused-ring (bicyclic) bond motifs is 1. The number of esters is 1. The van der Waals surface area contributed by atoms with Gasteiger partial charge in [-0.05, 0) is 30.5 Å². The molecule has 8 nitrogen and oxygen atoms in total. The van der Waals surface area contributed by atoms with E-state index in [0.717, 1.165) is 11.3 Å². The van der Waals surface area contributed by atoms with Crippen LogP contribution in [0.3, 0.4) is 0 Å². The van der Waals surface area contributed by atoms with Crippen molar-refractivity contribution in [1.82, 2.24) is 9.97 Å². The van der Waals surface area contributed by atoms with Crippen LogP contribution in [-0.4, -0.2) is 33.9 Å². The van der Waals surface area contributed by atoms with Crippen molar-refractivity contribution < 1.29 is 19.1 Å². The van der Waals surface area contributed by atoms with Crippen LogP contribution >= 0.6 is 11.3 Å². The van der Waals surface area contributed by atoms with Crippen molar-refractivity contribution >= 4 is 45.2 Å². The first-order valence-corrected chi connectivity index (χ1v) is 8.44. The summed E-state index contributed by atoms with van der Waals surface area (Å²) in [5.74, 6) is -2.01. The molecule has 0 spiro atoms. The Kier molecular flexibility index (Phi) is 4.90. The molecule has 1 aromatic carbocycles. The lowest BCUT2D eigenvalue weighted by Crippen LogP contribution is -2.30. The number of nitrogens with two attached hydrogens (primary N) is 1. The van der Waals surface area contributed by atoms with E-state index in [0.29, 0.717) is 16.0 Å². The molecule has 2 aromatic heterocycles. The highest BCUT2D eigenvalue weighted by atomic mass is 32.1. The third-order valence-electron chi connectivity index (χ3n) is 3.48. The number of aromatic nitrogens is 2. The predicted molar refractivity (Wildman–Crippen MR) is 95.9 cm³/mol. The molecule has 2 amide bonds. The third kappa shape index (κ3) is 3.67. The molecule has 0 aliphatic heterocycles. The molecule has 2 heterocycles. The van der Waals surface area contributed by atoms with E-state index in [4.69, 9.17) is 10.5 Å². The van der Waals surface area contributed by atoms with Gasteiger partial charge in [-0.2, -0.15) is 0 Å². The second-order valence-corrected chi connectivity index (χ2v) is 6.22. The van der Waals surface area contributed by atoms with Crippen LogP contribution in [0.2, 0.25) is 0 Å². The van der Waals surface area contributed by atoms with Crippen LogP contribution in [0.1, 0.15) is 27.8 Å². The number of thiophene rings is 1. The number of amides is 2. The average Bonchev–Trinajstić information content (AvgIpc) is 3.09. The smallest absolute Gasteiger partial charge is 0.359 e. The summed E-state index contributed by atoms with van der Waals surface area (Å²) >= 11 is 1.14. The Bertz CT molecular complexity index is 1000. The van der Waals surface area contributed by atoms with E-state index in [9.17, 15) is 14.4 Å². The normalized spacial score (nSPS) is 11.7. The number of hydrogen-bond acceptors (Lipinski definition) is 7. The molecule has 3 N–H and O–H groups in total. The molecule has 0 radical (unpaired) electrons. The number of nitrogens with zero attached hydrogens (tertiary/aromatic N) is 2. The number of anilines is 1. The van der Waals surface area contributed by atoms with Crippen molar-refractivity contribution in [3.63, 3.8) is 0 Å². The molecule has 132 valence electrons. The Balaban J connectivity index is 1.68. The highest BCUT2D eigenvalue weighted by Crippen LogP contribution is 2.23. The molecule has 26 heavy (non-hydrogen) atoms. The van der Waals surface area contributed by atoms with Crippen molar-refractivity contribution in [2.45, 2.75) is 13.0 Å². The van der Waals surface area contributed by atoms with Crippen LogP contribution in [0.25, 0.3) is 11.0 Å². The molecule has 1 unspecified atom stereocenters. The van der Waals surface area contributed by atoms with E-state index in [1.165, 1.54) is 19.2 Å². The minimum absolute atomic E-state index is 0.00250. The van der Waals surface area contributed by atoms with Gasteiger partial charge in [0, 0.05) is 0 Å². The average molecular weight is 370 g/mol.